The highest BCUT2D eigenvalue weighted by atomic mass is 19.1. The predicted octanol–water partition coefficient (Wildman–Crippen LogP) is 4.40. The van der Waals surface area contributed by atoms with Crippen LogP contribution < -0.4 is 0 Å². The smallest absolute Gasteiger partial charge is 0.254 e. The zero-order valence-electron chi connectivity index (χ0n) is 20.6. The molecule has 1 unspecified atom stereocenters. The van der Waals surface area contributed by atoms with Gasteiger partial charge in [0.15, 0.2) is 0 Å². The number of imidazole rings is 1. The van der Waals surface area contributed by atoms with Crippen LogP contribution in [0.15, 0.2) is 48.7 Å². The molecule has 37 heavy (non-hydrogen) atoms. The molecule has 2 aromatic heterocycles. The molecule has 8 heteroatoms. The molecular weight excluding hydrogens is 469 g/mol. The maximum atomic E-state index is 14.0. The number of fused-ring (bicyclic) bond motifs is 2. The summed E-state index contributed by atoms with van der Waals surface area (Å²) in [5, 5.41) is 10.5. The third kappa shape index (κ3) is 4.18. The van der Waals surface area contributed by atoms with E-state index in [1.165, 1.54) is 24.5 Å². The molecule has 2 N–H and O–H groups in total. The lowest BCUT2D eigenvalue weighted by Gasteiger charge is -2.37. The molecule has 1 atom stereocenters. The molecule has 0 radical (unpaired) electrons. The Balaban J connectivity index is 1.11. The van der Waals surface area contributed by atoms with Crippen LogP contribution in [0.1, 0.15) is 59.4 Å². The number of hydrogen-bond acceptors (Lipinski definition) is 5. The van der Waals surface area contributed by atoms with Gasteiger partial charge in [0, 0.05) is 30.2 Å². The van der Waals surface area contributed by atoms with Gasteiger partial charge >= 0.3 is 0 Å². The van der Waals surface area contributed by atoms with Crippen LogP contribution >= 0.6 is 0 Å². The maximum Gasteiger partial charge on any atom is 0.254 e. The standard InChI is InChI=1S/C29H30FN5O2/c30-20-4-6-24-23(14-20)22(7-10-31-24)17-8-11-34(12-9-17)27(18-1-2-18)28-32-25-5-3-19(13-26(25)33-28)29(37)35-15-21(36)16-35/h3-7,10,13-14,17-18,21,27,36H,1-2,8-9,11-12,15-16H2,(H,32,33). The number of amides is 1. The molecule has 3 fully saturated rings. The monoisotopic (exact) mass is 499 g/mol. The van der Waals surface area contributed by atoms with Gasteiger partial charge in [0.2, 0.25) is 0 Å². The minimum absolute atomic E-state index is 0.0484. The largest absolute Gasteiger partial charge is 0.389 e. The molecule has 0 spiro atoms. The molecule has 4 heterocycles. The molecule has 4 aromatic rings. The van der Waals surface area contributed by atoms with E-state index >= 15 is 0 Å². The van der Waals surface area contributed by atoms with Crippen molar-refractivity contribution in [3.8, 4) is 0 Å². The second-order valence-electron chi connectivity index (χ2n) is 10.9. The van der Waals surface area contributed by atoms with E-state index in [-0.39, 0.29) is 17.8 Å². The maximum absolute atomic E-state index is 14.0. The van der Waals surface area contributed by atoms with Crippen molar-refractivity contribution >= 4 is 27.8 Å². The van der Waals surface area contributed by atoms with Crippen molar-refractivity contribution in [2.24, 2.45) is 5.92 Å². The zero-order valence-corrected chi connectivity index (χ0v) is 20.6. The van der Waals surface area contributed by atoms with Crippen molar-refractivity contribution in [3.05, 3.63) is 71.4 Å². The van der Waals surface area contributed by atoms with Crippen molar-refractivity contribution < 1.29 is 14.3 Å². The first-order valence-electron chi connectivity index (χ1n) is 13.3. The fourth-order valence-corrected chi connectivity index (χ4v) is 6.20. The van der Waals surface area contributed by atoms with E-state index in [2.05, 4.69) is 20.9 Å². The minimum Gasteiger partial charge on any atom is -0.389 e. The van der Waals surface area contributed by atoms with E-state index < -0.39 is 6.10 Å². The van der Waals surface area contributed by atoms with Crippen LogP contribution in [-0.4, -0.2) is 68.0 Å². The molecule has 7 nitrogen and oxygen atoms in total. The van der Waals surface area contributed by atoms with Crippen molar-refractivity contribution in [2.75, 3.05) is 26.2 Å². The normalized spacial score (nSPS) is 20.4. The van der Waals surface area contributed by atoms with Crippen LogP contribution in [0.2, 0.25) is 0 Å². The SMILES string of the molecule is O=C(c1ccc2nc(C(C3CC3)N3CCC(c4ccnc5ccc(F)cc45)CC3)[nH]c2c1)N1CC(O)C1. The molecule has 7 rings (SSSR count). The molecule has 1 aliphatic carbocycles. The number of H-pyrrole nitrogens is 1. The topological polar surface area (TPSA) is 85.4 Å². The first-order valence-corrected chi connectivity index (χ1v) is 13.3. The summed E-state index contributed by atoms with van der Waals surface area (Å²) >= 11 is 0. The number of nitrogens with one attached hydrogen (secondary N) is 1. The predicted molar refractivity (Wildman–Crippen MR) is 139 cm³/mol. The Labute approximate surface area is 214 Å². The number of aliphatic hydroxyl groups is 1. The van der Waals surface area contributed by atoms with Gasteiger partial charge in [-0.15, -0.1) is 0 Å². The number of aliphatic hydroxyl groups excluding tert-OH is 1. The first kappa shape index (κ1) is 22.8. The fourth-order valence-electron chi connectivity index (χ4n) is 6.20. The number of hydrogen-bond donors (Lipinski definition) is 2. The number of pyridine rings is 1. The van der Waals surface area contributed by atoms with Crippen LogP contribution in [0.3, 0.4) is 0 Å². The average Bonchev–Trinajstić information content (AvgIpc) is 3.64. The molecule has 0 bridgehead atoms. The van der Waals surface area contributed by atoms with E-state index in [9.17, 15) is 14.3 Å². The number of benzene rings is 2. The van der Waals surface area contributed by atoms with Gasteiger partial charge < -0.3 is 15.0 Å². The zero-order chi connectivity index (χ0) is 25.1. The number of carbonyl (C=O) groups is 1. The van der Waals surface area contributed by atoms with E-state index in [1.807, 2.05) is 24.4 Å². The molecule has 1 saturated carbocycles. The molecule has 3 aliphatic rings. The lowest BCUT2D eigenvalue weighted by Crippen LogP contribution is -2.53. The van der Waals surface area contributed by atoms with Crippen molar-refractivity contribution in [1.82, 2.24) is 24.8 Å². The number of rotatable bonds is 5. The fraction of sp³-hybridized carbons (Fsp3) is 0.414. The average molecular weight is 500 g/mol. The lowest BCUT2D eigenvalue weighted by atomic mass is 9.86. The van der Waals surface area contributed by atoms with Crippen LogP contribution in [0.4, 0.5) is 4.39 Å². The Bertz CT molecular complexity index is 1480. The molecule has 190 valence electrons. The number of carbonyl (C=O) groups excluding carboxylic acids is 1. The molecule has 2 saturated heterocycles. The second-order valence-corrected chi connectivity index (χ2v) is 10.9. The summed E-state index contributed by atoms with van der Waals surface area (Å²) in [6.45, 7) is 2.72. The van der Waals surface area contributed by atoms with Crippen LogP contribution in [0.25, 0.3) is 21.9 Å². The van der Waals surface area contributed by atoms with Crippen LogP contribution in [-0.2, 0) is 0 Å². The van der Waals surface area contributed by atoms with Crippen molar-refractivity contribution in [2.45, 2.75) is 43.7 Å². The third-order valence-corrected chi connectivity index (χ3v) is 8.35. The minimum atomic E-state index is -0.409. The van der Waals surface area contributed by atoms with Gasteiger partial charge in [0.05, 0.1) is 28.7 Å². The molecular formula is C29H30FN5O2. The van der Waals surface area contributed by atoms with Gasteiger partial charge in [0.25, 0.3) is 5.91 Å². The van der Waals surface area contributed by atoms with Gasteiger partial charge in [-0.25, -0.2) is 9.37 Å². The summed E-state index contributed by atoms with van der Waals surface area (Å²) in [6.07, 6.45) is 5.87. The summed E-state index contributed by atoms with van der Waals surface area (Å²) in [5.41, 5.74) is 4.43. The number of β-amino-alcohol motifs (C(OH)–C–C–N with tert-alkyl or cyclic N) is 1. The quantitative estimate of drug-likeness (QED) is 0.425. The number of likely N-dealkylation sites (tertiary alicyclic amines) is 2. The van der Waals surface area contributed by atoms with Gasteiger partial charge in [-0.2, -0.15) is 0 Å². The number of halogens is 1. The summed E-state index contributed by atoms with van der Waals surface area (Å²) < 4.78 is 14.0. The summed E-state index contributed by atoms with van der Waals surface area (Å²) in [4.78, 5) is 29.9. The highest BCUT2D eigenvalue weighted by Gasteiger charge is 2.40. The highest BCUT2D eigenvalue weighted by molar-refractivity contribution is 5.97. The molecule has 2 aromatic carbocycles. The summed E-state index contributed by atoms with van der Waals surface area (Å²) in [6, 6.07) is 12.8. The number of nitrogens with zero attached hydrogens (tertiary/aromatic N) is 4. The Morgan fingerprint density at radius 2 is 1.81 bits per heavy atom. The number of aromatic amines is 1. The van der Waals surface area contributed by atoms with Crippen molar-refractivity contribution in [3.63, 3.8) is 0 Å². The Morgan fingerprint density at radius 1 is 1.03 bits per heavy atom. The number of piperidine rings is 1. The van der Waals surface area contributed by atoms with Crippen molar-refractivity contribution in [1.29, 1.82) is 0 Å². The van der Waals surface area contributed by atoms with Crippen LogP contribution in [0, 0.1) is 11.7 Å². The van der Waals surface area contributed by atoms with Gasteiger partial charge in [0.1, 0.15) is 11.6 Å². The molecule has 1 amide bonds. The van der Waals surface area contributed by atoms with Gasteiger partial charge in [-0.05, 0) is 98.6 Å². The lowest BCUT2D eigenvalue weighted by molar-refractivity contribution is 0.00590. The number of aromatic nitrogens is 3. The van der Waals surface area contributed by atoms with Gasteiger partial charge in [-0.1, -0.05) is 0 Å². The van der Waals surface area contributed by atoms with E-state index in [0.717, 1.165) is 53.7 Å². The third-order valence-electron chi connectivity index (χ3n) is 8.35. The van der Waals surface area contributed by atoms with E-state index in [4.69, 9.17) is 4.98 Å². The summed E-state index contributed by atoms with van der Waals surface area (Å²) in [7, 11) is 0. The first-order chi connectivity index (χ1) is 18.0. The van der Waals surface area contributed by atoms with Gasteiger partial charge in [-0.3, -0.25) is 14.7 Å². The summed E-state index contributed by atoms with van der Waals surface area (Å²) in [5.74, 6) is 1.69. The highest BCUT2D eigenvalue weighted by Crippen LogP contribution is 2.46. The van der Waals surface area contributed by atoms with E-state index in [0.29, 0.717) is 30.5 Å². The van der Waals surface area contributed by atoms with E-state index in [1.54, 1.807) is 17.0 Å². The Morgan fingerprint density at radius 3 is 2.57 bits per heavy atom. The Hall–Kier alpha value is -3.36. The Kier molecular flexibility index (Phi) is 5.48. The van der Waals surface area contributed by atoms with Crippen LogP contribution in [0.5, 0.6) is 0 Å². The second kappa shape index (κ2) is 8.89. The molecule has 2 aliphatic heterocycles.